The summed E-state index contributed by atoms with van der Waals surface area (Å²) in [6, 6.07) is 6.90. The number of rotatable bonds is 6. The highest BCUT2D eigenvalue weighted by Crippen LogP contribution is 2.33. The zero-order valence-corrected chi connectivity index (χ0v) is 17.0. The fraction of sp³-hybridized carbons (Fsp3) is 0.222. The number of nitrogens with zero attached hydrogens (tertiary/aromatic N) is 4. The normalized spacial score (nSPS) is 11.1. The van der Waals surface area contributed by atoms with E-state index >= 15 is 0 Å². The van der Waals surface area contributed by atoms with E-state index in [1.165, 1.54) is 29.2 Å². The molecule has 0 bridgehead atoms. The SMILES string of the molecule is COc1ccc(-c2nnc(SCc3cc(=O)n4c(C)csc4n3)o2)cc1OC. The Kier molecular flexibility index (Phi) is 5.05. The number of thiazole rings is 1. The maximum Gasteiger partial charge on any atom is 0.277 e. The van der Waals surface area contributed by atoms with E-state index in [1.807, 2.05) is 18.4 Å². The molecule has 0 aliphatic carbocycles. The van der Waals surface area contributed by atoms with E-state index in [-0.39, 0.29) is 5.56 Å². The number of aryl methyl sites for hydroxylation is 1. The van der Waals surface area contributed by atoms with Gasteiger partial charge < -0.3 is 13.9 Å². The van der Waals surface area contributed by atoms with Crippen LogP contribution in [-0.2, 0) is 5.75 Å². The van der Waals surface area contributed by atoms with Crippen LogP contribution in [0.1, 0.15) is 11.4 Å². The lowest BCUT2D eigenvalue weighted by Crippen LogP contribution is -2.14. The van der Waals surface area contributed by atoms with Crippen molar-refractivity contribution in [2.24, 2.45) is 0 Å². The molecule has 28 heavy (non-hydrogen) atoms. The van der Waals surface area contributed by atoms with E-state index < -0.39 is 0 Å². The van der Waals surface area contributed by atoms with Crippen molar-refractivity contribution in [3.63, 3.8) is 0 Å². The Hall–Kier alpha value is -2.85. The Labute approximate surface area is 168 Å². The molecule has 0 unspecified atom stereocenters. The van der Waals surface area contributed by atoms with Gasteiger partial charge >= 0.3 is 0 Å². The van der Waals surface area contributed by atoms with Crippen molar-refractivity contribution in [3.05, 3.63) is 51.4 Å². The van der Waals surface area contributed by atoms with Crippen LogP contribution >= 0.6 is 23.1 Å². The molecule has 4 rings (SSSR count). The molecule has 0 N–H and O–H groups in total. The monoisotopic (exact) mass is 416 g/mol. The summed E-state index contributed by atoms with van der Waals surface area (Å²) in [5, 5.41) is 10.5. The van der Waals surface area contributed by atoms with Gasteiger partial charge in [0.25, 0.3) is 10.8 Å². The number of methoxy groups -OCH3 is 2. The predicted molar refractivity (Wildman–Crippen MR) is 106 cm³/mol. The van der Waals surface area contributed by atoms with Crippen LogP contribution in [0.5, 0.6) is 11.5 Å². The summed E-state index contributed by atoms with van der Waals surface area (Å²) in [6.45, 7) is 1.88. The molecular formula is C18H16N4O4S2. The van der Waals surface area contributed by atoms with Crippen LogP contribution in [0, 0.1) is 6.92 Å². The molecule has 0 atom stereocenters. The average molecular weight is 416 g/mol. The smallest absolute Gasteiger partial charge is 0.277 e. The number of thioether (sulfide) groups is 1. The summed E-state index contributed by atoms with van der Waals surface area (Å²) in [5.41, 5.74) is 2.19. The molecule has 3 aromatic heterocycles. The second kappa shape index (κ2) is 7.64. The molecule has 0 radical (unpaired) electrons. The van der Waals surface area contributed by atoms with Crippen molar-refractivity contribution in [2.45, 2.75) is 17.9 Å². The van der Waals surface area contributed by atoms with Gasteiger partial charge in [0, 0.05) is 28.5 Å². The third kappa shape index (κ3) is 3.48. The Morgan fingerprint density at radius 1 is 1.18 bits per heavy atom. The standard InChI is InChI=1S/C18H16N4O4S2/c1-10-8-27-17-19-12(7-15(23)22(10)17)9-28-18-21-20-16(26-18)11-4-5-13(24-2)14(6-11)25-3/h4-8H,9H2,1-3H3. The highest BCUT2D eigenvalue weighted by atomic mass is 32.2. The van der Waals surface area contributed by atoms with E-state index in [2.05, 4.69) is 15.2 Å². The van der Waals surface area contributed by atoms with Gasteiger partial charge in [-0.15, -0.1) is 21.5 Å². The fourth-order valence-electron chi connectivity index (χ4n) is 2.66. The van der Waals surface area contributed by atoms with Crippen molar-refractivity contribution >= 4 is 28.1 Å². The number of hydrogen-bond donors (Lipinski definition) is 0. The van der Waals surface area contributed by atoms with Gasteiger partial charge in [0.1, 0.15) is 0 Å². The van der Waals surface area contributed by atoms with Gasteiger partial charge in [-0.1, -0.05) is 11.8 Å². The van der Waals surface area contributed by atoms with Crippen LogP contribution in [0.2, 0.25) is 0 Å². The summed E-state index contributed by atoms with van der Waals surface area (Å²) in [4.78, 5) is 17.4. The first-order valence-electron chi connectivity index (χ1n) is 8.24. The minimum atomic E-state index is -0.0871. The summed E-state index contributed by atoms with van der Waals surface area (Å²) in [7, 11) is 3.14. The summed E-state index contributed by atoms with van der Waals surface area (Å²) in [5.74, 6) is 2.03. The van der Waals surface area contributed by atoms with Crippen LogP contribution in [0.3, 0.4) is 0 Å². The van der Waals surface area contributed by atoms with E-state index in [0.29, 0.717) is 39.0 Å². The second-order valence-electron chi connectivity index (χ2n) is 5.81. The molecule has 0 aliphatic heterocycles. The largest absolute Gasteiger partial charge is 0.493 e. The molecule has 0 saturated carbocycles. The van der Waals surface area contributed by atoms with E-state index in [0.717, 1.165) is 11.3 Å². The number of benzene rings is 1. The van der Waals surface area contributed by atoms with Crippen LogP contribution in [0.4, 0.5) is 0 Å². The predicted octanol–water partition coefficient (Wildman–Crippen LogP) is 3.42. The highest BCUT2D eigenvalue weighted by Gasteiger charge is 2.14. The number of aromatic nitrogens is 4. The topological polar surface area (TPSA) is 91.8 Å². The number of hydrogen-bond acceptors (Lipinski definition) is 9. The Balaban J connectivity index is 1.52. The number of fused-ring (bicyclic) bond motifs is 1. The van der Waals surface area contributed by atoms with E-state index in [1.54, 1.807) is 30.8 Å². The van der Waals surface area contributed by atoms with Gasteiger partial charge in [-0.25, -0.2) is 4.98 Å². The molecular weight excluding hydrogens is 400 g/mol. The second-order valence-corrected chi connectivity index (χ2v) is 7.58. The summed E-state index contributed by atoms with van der Waals surface area (Å²) in [6.07, 6.45) is 0. The minimum absolute atomic E-state index is 0.0871. The third-order valence-electron chi connectivity index (χ3n) is 4.01. The van der Waals surface area contributed by atoms with Gasteiger partial charge in [-0.05, 0) is 25.1 Å². The molecule has 8 nitrogen and oxygen atoms in total. The van der Waals surface area contributed by atoms with Crippen molar-refractivity contribution in [1.29, 1.82) is 0 Å². The molecule has 4 aromatic rings. The zero-order valence-electron chi connectivity index (χ0n) is 15.3. The Bertz CT molecular complexity index is 1200. The van der Waals surface area contributed by atoms with Crippen LogP contribution in [0.25, 0.3) is 16.4 Å². The average Bonchev–Trinajstić information content (AvgIpc) is 3.33. The molecule has 3 heterocycles. The van der Waals surface area contributed by atoms with Crippen molar-refractivity contribution in [1.82, 2.24) is 19.6 Å². The van der Waals surface area contributed by atoms with E-state index in [4.69, 9.17) is 13.9 Å². The first-order chi connectivity index (χ1) is 13.6. The quantitative estimate of drug-likeness (QED) is 0.442. The van der Waals surface area contributed by atoms with Gasteiger partial charge in [0.15, 0.2) is 16.5 Å². The zero-order chi connectivity index (χ0) is 19.7. The van der Waals surface area contributed by atoms with Gasteiger partial charge in [-0.3, -0.25) is 9.20 Å². The Morgan fingerprint density at radius 2 is 2.00 bits per heavy atom. The van der Waals surface area contributed by atoms with Crippen molar-refractivity contribution < 1.29 is 13.9 Å². The molecule has 144 valence electrons. The van der Waals surface area contributed by atoms with Crippen molar-refractivity contribution in [3.8, 4) is 23.0 Å². The third-order valence-corrected chi connectivity index (χ3v) is 5.80. The molecule has 0 amide bonds. The lowest BCUT2D eigenvalue weighted by Gasteiger charge is -2.07. The Morgan fingerprint density at radius 3 is 2.79 bits per heavy atom. The van der Waals surface area contributed by atoms with Gasteiger partial charge in [-0.2, -0.15) is 0 Å². The van der Waals surface area contributed by atoms with Gasteiger partial charge in [0.05, 0.1) is 19.9 Å². The van der Waals surface area contributed by atoms with E-state index in [9.17, 15) is 4.79 Å². The molecule has 0 spiro atoms. The molecule has 0 aliphatic rings. The molecule has 0 saturated heterocycles. The summed E-state index contributed by atoms with van der Waals surface area (Å²) >= 11 is 2.77. The lowest BCUT2D eigenvalue weighted by molar-refractivity contribution is 0.355. The molecule has 0 fully saturated rings. The van der Waals surface area contributed by atoms with Crippen molar-refractivity contribution in [2.75, 3.05) is 14.2 Å². The minimum Gasteiger partial charge on any atom is -0.493 e. The highest BCUT2D eigenvalue weighted by molar-refractivity contribution is 7.98. The molecule has 10 heteroatoms. The van der Waals surface area contributed by atoms with Crippen LogP contribution in [0.15, 0.2) is 44.1 Å². The summed E-state index contributed by atoms with van der Waals surface area (Å²) < 4.78 is 17.9. The first-order valence-corrected chi connectivity index (χ1v) is 10.1. The van der Waals surface area contributed by atoms with Crippen LogP contribution < -0.4 is 15.0 Å². The maximum absolute atomic E-state index is 12.2. The lowest BCUT2D eigenvalue weighted by atomic mass is 10.2. The molecule has 1 aromatic carbocycles. The number of ether oxygens (including phenoxy) is 2. The fourth-order valence-corrected chi connectivity index (χ4v) is 4.21. The maximum atomic E-state index is 12.2. The van der Waals surface area contributed by atoms with Gasteiger partial charge in [0.2, 0.25) is 5.89 Å². The first kappa shape index (κ1) is 18.5. The van der Waals surface area contributed by atoms with Crippen LogP contribution in [-0.4, -0.2) is 33.8 Å².